The predicted octanol–water partition coefficient (Wildman–Crippen LogP) is 3.40. The molecule has 1 fully saturated rings. The highest BCUT2D eigenvalue weighted by Gasteiger charge is 2.41. The van der Waals surface area contributed by atoms with Crippen LogP contribution in [0.3, 0.4) is 0 Å². The number of nitrogens with zero attached hydrogens (tertiary/aromatic N) is 1. The summed E-state index contributed by atoms with van der Waals surface area (Å²) in [5.41, 5.74) is 0.724. The minimum atomic E-state index is -0.487. The lowest BCUT2D eigenvalue weighted by molar-refractivity contribution is -0.122. The molecule has 1 aromatic heterocycles. The van der Waals surface area contributed by atoms with E-state index in [1.807, 2.05) is 6.92 Å². The first-order valence-corrected chi connectivity index (χ1v) is 8.91. The van der Waals surface area contributed by atoms with E-state index in [1.54, 1.807) is 0 Å². The first kappa shape index (κ1) is 14.7. The lowest BCUT2D eigenvalue weighted by atomic mass is 9.85. The maximum Gasteiger partial charge on any atom is 0.285 e. The molecule has 0 aliphatic heterocycles. The highest BCUT2D eigenvalue weighted by atomic mass is 32.2. The van der Waals surface area contributed by atoms with Crippen molar-refractivity contribution in [1.82, 2.24) is 4.98 Å². The van der Waals surface area contributed by atoms with E-state index in [1.165, 1.54) is 23.1 Å². The predicted molar refractivity (Wildman–Crippen MR) is 85.3 cm³/mol. The molecule has 7 heteroatoms. The molecule has 0 radical (unpaired) electrons. The topological polar surface area (TPSA) is 76.1 Å². The van der Waals surface area contributed by atoms with Gasteiger partial charge >= 0.3 is 0 Å². The number of rotatable bonds is 4. The molecule has 0 aromatic carbocycles. The zero-order valence-electron chi connectivity index (χ0n) is 11.7. The van der Waals surface area contributed by atoms with Crippen molar-refractivity contribution in [3.8, 4) is 0 Å². The molecule has 1 aromatic rings. The van der Waals surface area contributed by atoms with Crippen LogP contribution >= 0.6 is 23.1 Å². The summed E-state index contributed by atoms with van der Waals surface area (Å²) < 4.78 is 0. The van der Waals surface area contributed by atoms with Crippen LogP contribution in [0.15, 0.2) is 0 Å². The molecule has 2 aliphatic carbocycles. The van der Waals surface area contributed by atoms with Crippen molar-refractivity contribution < 1.29 is 15.8 Å². The number of thioether (sulfide) groups is 1. The van der Waals surface area contributed by atoms with E-state index < -0.39 is 5.92 Å². The maximum atomic E-state index is 12.4. The van der Waals surface area contributed by atoms with Gasteiger partial charge < -0.3 is 0 Å². The van der Waals surface area contributed by atoms with Gasteiger partial charge in [-0.2, -0.15) is 0 Å². The molecule has 1 heterocycles. The lowest BCUT2D eigenvalue weighted by Gasteiger charge is -2.18. The number of hydrogen-bond acceptors (Lipinski definition) is 6. The number of carbonyl (C=O) groups is 3. The fraction of sp³-hybridized carbons (Fsp3) is 0.571. The van der Waals surface area contributed by atoms with E-state index in [0.717, 1.165) is 18.5 Å². The summed E-state index contributed by atoms with van der Waals surface area (Å²) in [6.07, 6.45) is 3.04. The van der Waals surface area contributed by atoms with Crippen LogP contribution in [-0.2, 0) is 11.2 Å². The Morgan fingerprint density at radius 1 is 1.43 bits per heavy atom. The maximum absolute atomic E-state index is 12.4. The Balaban J connectivity index is 0.00000176. The van der Waals surface area contributed by atoms with Crippen LogP contribution in [0.25, 0.3) is 0 Å². The minimum absolute atomic E-state index is 0. The number of hydrogen-bond donors (Lipinski definition) is 1. The largest absolute Gasteiger partial charge is 0.299 e. The third kappa shape index (κ3) is 3.03. The molecule has 3 rings (SSSR count). The molecular weight excluding hydrogens is 308 g/mol. The Morgan fingerprint density at radius 3 is 2.86 bits per heavy atom. The molecule has 0 saturated heterocycles. The normalized spacial score (nSPS) is 21.0. The zero-order valence-corrected chi connectivity index (χ0v) is 13.3. The zero-order chi connectivity index (χ0) is 15.0. The summed E-state index contributed by atoms with van der Waals surface area (Å²) >= 11 is 2.36. The molecule has 21 heavy (non-hydrogen) atoms. The van der Waals surface area contributed by atoms with Crippen LogP contribution in [0.2, 0.25) is 0 Å². The standard InChI is InChI=1S/C14H16N2O3S2.H2/c1-2-20-14(19)16-13-15-9-6-5-8(10(17)7-3-4-7)11(18)12(9)21-13;/h7-8H,2-6H2,1H3,(H,15,16,19);1H. The van der Waals surface area contributed by atoms with Gasteiger partial charge in [-0.1, -0.05) is 30.0 Å². The summed E-state index contributed by atoms with van der Waals surface area (Å²) in [7, 11) is 0. The Morgan fingerprint density at radius 2 is 2.19 bits per heavy atom. The van der Waals surface area contributed by atoms with Crippen LogP contribution in [0.4, 0.5) is 9.93 Å². The number of ketones is 2. The van der Waals surface area contributed by atoms with Gasteiger partial charge in [0.15, 0.2) is 10.9 Å². The second-order valence-corrected chi connectivity index (χ2v) is 7.51. The van der Waals surface area contributed by atoms with Crippen molar-refractivity contribution in [3.63, 3.8) is 0 Å². The molecule has 1 atom stereocenters. The van der Waals surface area contributed by atoms with Gasteiger partial charge in [-0.15, -0.1) is 0 Å². The summed E-state index contributed by atoms with van der Waals surface area (Å²) in [4.78, 5) is 41.0. The van der Waals surface area contributed by atoms with Gasteiger partial charge in [-0.3, -0.25) is 19.7 Å². The molecule has 0 bridgehead atoms. The van der Waals surface area contributed by atoms with Crippen molar-refractivity contribution in [2.45, 2.75) is 32.6 Å². The van der Waals surface area contributed by atoms with Gasteiger partial charge in [0.2, 0.25) is 0 Å². The van der Waals surface area contributed by atoms with Crippen LogP contribution < -0.4 is 5.32 Å². The molecule has 2 aliphatic rings. The SMILES string of the molecule is CCSC(=O)Nc1nc2c(s1)C(=O)C(C(=O)C1CC1)CC2.[HH]. The number of carbonyl (C=O) groups excluding carboxylic acids is 3. The van der Waals surface area contributed by atoms with Gasteiger partial charge in [0.25, 0.3) is 5.24 Å². The monoisotopic (exact) mass is 326 g/mol. The fourth-order valence-electron chi connectivity index (χ4n) is 2.52. The van der Waals surface area contributed by atoms with Crippen molar-refractivity contribution in [1.29, 1.82) is 0 Å². The Hall–Kier alpha value is -1.21. The highest BCUT2D eigenvalue weighted by Crippen LogP contribution is 2.38. The van der Waals surface area contributed by atoms with Crippen molar-refractivity contribution in [2.75, 3.05) is 11.1 Å². The molecule has 1 amide bonds. The second kappa shape index (κ2) is 5.88. The van der Waals surface area contributed by atoms with Crippen LogP contribution in [0, 0.1) is 11.8 Å². The number of aromatic nitrogens is 1. The Kier molecular flexibility index (Phi) is 4.12. The van der Waals surface area contributed by atoms with E-state index in [9.17, 15) is 14.4 Å². The van der Waals surface area contributed by atoms with Crippen molar-refractivity contribution in [3.05, 3.63) is 10.6 Å². The van der Waals surface area contributed by atoms with Gasteiger partial charge in [-0.05, 0) is 31.4 Å². The van der Waals surface area contributed by atoms with E-state index in [4.69, 9.17) is 0 Å². The molecular formula is C14H18N2O3S2. The number of nitrogens with one attached hydrogen (secondary N) is 1. The lowest BCUT2D eigenvalue weighted by Crippen LogP contribution is -2.29. The second-order valence-electron chi connectivity index (χ2n) is 5.27. The summed E-state index contributed by atoms with van der Waals surface area (Å²) in [6, 6.07) is 0. The third-order valence-electron chi connectivity index (χ3n) is 3.72. The van der Waals surface area contributed by atoms with Crippen molar-refractivity contribution >= 4 is 45.0 Å². The van der Waals surface area contributed by atoms with Crippen LogP contribution in [0.1, 0.15) is 43.0 Å². The highest BCUT2D eigenvalue weighted by molar-refractivity contribution is 8.13. The first-order chi connectivity index (χ1) is 10.1. The van der Waals surface area contributed by atoms with E-state index in [2.05, 4.69) is 10.3 Å². The number of aryl methyl sites for hydroxylation is 1. The number of Topliss-reactive ketones (excluding diaryl/α,β-unsaturated/α-hetero) is 2. The van der Waals surface area contributed by atoms with E-state index in [-0.39, 0.29) is 24.2 Å². The van der Waals surface area contributed by atoms with E-state index in [0.29, 0.717) is 28.6 Å². The number of fused-ring (bicyclic) bond motifs is 1. The molecule has 1 unspecified atom stereocenters. The van der Waals surface area contributed by atoms with Crippen LogP contribution in [0.5, 0.6) is 0 Å². The molecule has 1 N–H and O–H groups in total. The molecule has 114 valence electrons. The third-order valence-corrected chi connectivity index (χ3v) is 5.40. The van der Waals surface area contributed by atoms with E-state index >= 15 is 0 Å². The summed E-state index contributed by atoms with van der Waals surface area (Å²) in [5.74, 6) is 0.307. The average Bonchev–Trinajstić information content (AvgIpc) is 3.20. The minimum Gasteiger partial charge on any atom is -0.299 e. The molecule has 5 nitrogen and oxygen atoms in total. The Bertz CT molecular complexity index is 613. The fourth-order valence-corrected chi connectivity index (χ4v) is 4.01. The van der Waals surface area contributed by atoms with Gasteiger partial charge in [0, 0.05) is 7.34 Å². The van der Waals surface area contributed by atoms with Crippen LogP contribution in [-0.4, -0.2) is 27.5 Å². The quantitative estimate of drug-likeness (QED) is 0.858. The summed E-state index contributed by atoms with van der Waals surface area (Å²) in [6.45, 7) is 1.90. The Labute approximate surface area is 132 Å². The number of amides is 1. The molecule has 0 spiro atoms. The smallest absolute Gasteiger partial charge is 0.285 e. The van der Waals surface area contributed by atoms with Gasteiger partial charge in [0.05, 0.1) is 16.5 Å². The molecule has 1 saturated carbocycles. The van der Waals surface area contributed by atoms with Gasteiger partial charge in [0.1, 0.15) is 5.78 Å². The van der Waals surface area contributed by atoms with Crippen molar-refractivity contribution in [2.24, 2.45) is 11.8 Å². The summed E-state index contributed by atoms with van der Waals surface area (Å²) in [5, 5.41) is 2.99. The number of thiazole rings is 1. The first-order valence-electron chi connectivity index (χ1n) is 7.11. The average molecular weight is 326 g/mol. The number of anilines is 1. The van der Waals surface area contributed by atoms with Gasteiger partial charge in [-0.25, -0.2) is 4.98 Å².